The Balaban J connectivity index is 1.65. The van der Waals surface area contributed by atoms with Gasteiger partial charge in [0.15, 0.2) is 0 Å². The molecule has 0 unspecified atom stereocenters. The van der Waals surface area contributed by atoms with E-state index in [4.69, 9.17) is 21.2 Å². The van der Waals surface area contributed by atoms with Crippen molar-refractivity contribution in [2.24, 2.45) is 5.41 Å². The normalized spacial score (nSPS) is 16.1. The minimum atomic E-state index is 0.208. The number of nitrogens with zero attached hydrogens (tertiary/aromatic N) is 2. The van der Waals surface area contributed by atoms with Crippen molar-refractivity contribution >= 4 is 17.6 Å². The zero-order valence-electron chi connectivity index (χ0n) is 11.0. The molecule has 0 spiro atoms. The molecule has 1 aromatic heterocycles. The molecule has 1 heterocycles. The number of aliphatic hydroxyl groups excluding tert-OH is 1. The van der Waals surface area contributed by atoms with Crippen LogP contribution >= 0.6 is 11.6 Å². The van der Waals surface area contributed by atoms with Crippen molar-refractivity contribution in [3.63, 3.8) is 0 Å². The highest BCUT2D eigenvalue weighted by Gasteiger charge is 2.41. The van der Waals surface area contributed by atoms with Gasteiger partial charge in [0.1, 0.15) is 0 Å². The largest absolute Gasteiger partial charge is 0.396 e. The fraction of sp³-hybridized carbons (Fsp3) is 0.429. The van der Waals surface area contributed by atoms with Crippen molar-refractivity contribution in [2.75, 3.05) is 18.5 Å². The van der Waals surface area contributed by atoms with E-state index in [1.807, 2.05) is 12.1 Å². The van der Waals surface area contributed by atoms with E-state index in [2.05, 4.69) is 15.5 Å². The highest BCUT2D eigenvalue weighted by atomic mass is 35.5. The Hall–Kier alpha value is -1.59. The average molecular weight is 294 g/mol. The quantitative estimate of drug-likeness (QED) is 0.857. The predicted molar refractivity (Wildman–Crippen MR) is 76.6 cm³/mol. The number of nitrogens with one attached hydrogen (secondary N) is 1. The van der Waals surface area contributed by atoms with Crippen LogP contribution in [0.2, 0.25) is 5.02 Å². The van der Waals surface area contributed by atoms with Crippen molar-refractivity contribution in [3.05, 3.63) is 29.3 Å². The molecule has 1 aliphatic carbocycles. The zero-order valence-corrected chi connectivity index (χ0v) is 11.7. The molecular formula is C14H16ClN3O2. The summed E-state index contributed by atoms with van der Waals surface area (Å²) < 4.78 is 5.18. The molecule has 1 saturated carbocycles. The summed E-state index contributed by atoms with van der Waals surface area (Å²) in [7, 11) is 0. The molecule has 0 saturated heterocycles. The van der Waals surface area contributed by atoms with E-state index in [1.54, 1.807) is 12.1 Å². The molecule has 1 aliphatic rings. The fourth-order valence-corrected chi connectivity index (χ4v) is 2.42. The number of hydrogen-bond acceptors (Lipinski definition) is 5. The lowest BCUT2D eigenvalue weighted by molar-refractivity contribution is 0.252. The number of benzene rings is 1. The first-order chi connectivity index (χ1) is 9.71. The first kappa shape index (κ1) is 13.4. The molecule has 3 rings (SSSR count). The molecule has 0 aliphatic heterocycles. The Morgan fingerprint density at radius 1 is 1.40 bits per heavy atom. The maximum absolute atomic E-state index is 9.03. The van der Waals surface area contributed by atoms with Gasteiger partial charge in [0, 0.05) is 23.7 Å². The second-order valence-corrected chi connectivity index (χ2v) is 5.70. The molecule has 0 bridgehead atoms. The number of hydrogen-bond donors (Lipinski definition) is 2. The smallest absolute Gasteiger partial charge is 0.321 e. The first-order valence-electron chi connectivity index (χ1n) is 6.65. The molecule has 0 atom stereocenters. The average Bonchev–Trinajstić information content (AvgIpc) is 3.04. The Morgan fingerprint density at radius 2 is 2.25 bits per heavy atom. The lowest BCUT2D eigenvalue weighted by Crippen LogP contribution is -2.16. The van der Waals surface area contributed by atoms with Crippen LogP contribution in [-0.4, -0.2) is 28.4 Å². The van der Waals surface area contributed by atoms with Gasteiger partial charge in [0.25, 0.3) is 0 Å². The van der Waals surface area contributed by atoms with E-state index in [-0.39, 0.29) is 12.0 Å². The summed E-state index contributed by atoms with van der Waals surface area (Å²) in [5, 5.41) is 16.8. The van der Waals surface area contributed by atoms with Gasteiger partial charge in [0.05, 0.1) is 0 Å². The molecule has 2 aromatic rings. The van der Waals surface area contributed by atoms with Gasteiger partial charge in [-0.15, -0.1) is 0 Å². The summed E-state index contributed by atoms with van der Waals surface area (Å²) in [4.78, 5) is 4.30. The van der Waals surface area contributed by atoms with Gasteiger partial charge in [-0.2, -0.15) is 4.98 Å². The standard InChI is InChI=1S/C14H16ClN3O2/c15-11-3-1-2-10(8-11)12-17-13(20-18-12)16-9-14(4-5-14)6-7-19/h1-3,8,19H,4-7,9H2,(H,16,17,18). The van der Waals surface area contributed by atoms with Crippen LogP contribution in [0.25, 0.3) is 11.4 Å². The predicted octanol–water partition coefficient (Wildman–Crippen LogP) is 2.96. The number of halogens is 1. The molecule has 6 heteroatoms. The SMILES string of the molecule is OCCC1(CNc2nc(-c3cccc(Cl)c3)no2)CC1. The molecule has 2 N–H and O–H groups in total. The van der Waals surface area contributed by atoms with Crippen LogP contribution in [0.5, 0.6) is 0 Å². The zero-order chi connectivity index (χ0) is 14.0. The van der Waals surface area contributed by atoms with Crippen LogP contribution in [0.15, 0.2) is 28.8 Å². The summed E-state index contributed by atoms with van der Waals surface area (Å²) in [6.07, 6.45) is 3.08. The van der Waals surface area contributed by atoms with E-state index in [9.17, 15) is 0 Å². The van der Waals surface area contributed by atoms with Gasteiger partial charge in [-0.1, -0.05) is 28.9 Å². The Labute approximate surface area is 122 Å². The molecule has 1 aromatic carbocycles. The van der Waals surface area contributed by atoms with Crippen LogP contribution in [0.4, 0.5) is 6.01 Å². The highest BCUT2D eigenvalue weighted by molar-refractivity contribution is 6.30. The summed E-state index contributed by atoms with van der Waals surface area (Å²) in [6.45, 7) is 0.976. The number of rotatable bonds is 6. The maximum atomic E-state index is 9.03. The van der Waals surface area contributed by atoms with Gasteiger partial charge in [-0.3, -0.25) is 0 Å². The van der Waals surface area contributed by atoms with Crippen molar-refractivity contribution in [1.82, 2.24) is 10.1 Å². The number of aromatic nitrogens is 2. The van der Waals surface area contributed by atoms with E-state index >= 15 is 0 Å². The highest BCUT2D eigenvalue weighted by Crippen LogP contribution is 2.48. The Bertz CT molecular complexity index is 596. The van der Waals surface area contributed by atoms with Gasteiger partial charge in [-0.05, 0) is 36.8 Å². The van der Waals surface area contributed by atoms with E-state index in [0.717, 1.165) is 31.4 Å². The lowest BCUT2D eigenvalue weighted by Gasteiger charge is -2.12. The van der Waals surface area contributed by atoms with Gasteiger partial charge in [-0.25, -0.2) is 0 Å². The summed E-state index contributed by atoms with van der Waals surface area (Å²) in [5.74, 6) is 0.516. The molecular weight excluding hydrogens is 278 g/mol. The summed E-state index contributed by atoms with van der Waals surface area (Å²) >= 11 is 5.94. The van der Waals surface area contributed by atoms with Crippen LogP contribution in [0.3, 0.4) is 0 Å². The third-order valence-corrected chi connectivity index (χ3v) is 3.96. The monoisotopic (exact) mass is 293 g/mol. The summed E-state index contributed by atoms with van der Waals surface area (Å²) in [5.41, 5.74) is 1.03. The second kappa shape index (κ2) is 5.42. The van der Waals surface area contributed by atoms with Crippen LogP contribution in [-0.2, 0) is 0 Å². The van der Waals surface area contributed by atoms with Crippen molar-refractivity contribution < 1.29 is 9.63 Å². The topological polar surface area (TPSA) is 71.2 Å². The van der Waals surface area contributed by atoms with E-state index in [1.165, 1.54) is 0 Å². The molecule has 20 heavy (non-hydrogen) atoms. The number of aliphatic hydroxyl groups is 1. The van der Waals surface area contributed by atoms with E-state index < -0.39 is 0 Å². The van der Waals surface area contributed by atoms with Gasteiger partial charge >= 0.3 is 6.01 Å². The Kier molecular flexibility index (Phi) is 3.63. The van der Waals surface area contributed by atoms with Gasteiger partial charge in [0.2, 0.25) is 5.82 Å². The third-order valence-electron chi connectivity index (χ3n) is 3.72. The first-order valence-corrected chi connectivity index (χ1v) is 7.03. The Morgan fingerprint density at radius 3 is 2.95 bits per heavy atom. The van der Waals surface area contributed by atoms with Crippen molar-refractivity contribution in [3.8, 4) is 11.4 Å². The molecule has 5 nitrogen and oxygen atoms in total. The molecule has 0 radical (unpaired) electrons. The minimum Gasteiger partial charge on any atom is -0.396 e. The second-order valence-electron chi connectivity index (χ2n) is 5.26. The fourth-order valence-electron chi connectivity index (χ4n) is 2.23. The third kappa shape index (κ3) is 2.94. The summed E-state index contributed by atoms with van der Waals surface area (Å²) in [6, 6.07) is 7.74. The maximum Gasteiger partial charge on any atom is 0.321 e. The van der Waals surface area contributed by atoms with Crippen LogP contribution in [0, 0.1) is 5.41 Å². The van der Waals surface area contributed by atoms with Crippen molar-refractivity contribution in [2.45, 2.75) is 19.3 Å². The van der Waals surface area contributed by atoms with Gasteiger partial charge < -0.3 is 14.9 Å². The van der Waals surface area contributed by atoms with E-state index in [0.29, 0.717) is 16.9 Å². The molecule has 106 valence electrons. The van der Waals surface area contributed by atoms with Crippen LogP contribution < -0.4 is 5.32 Å². The van der Waals surface area contributed by atoms with Crippen molar-refractivity contribution in [1.29, 1.82) is 0 Å². The number of anilines is 1. The molecule has 1 fully saturated rings. The van der Waals surface area contributed by atoms with Crippen LogP contribution in [0.1, 0.15) is 19.3 Å². The lowest BCUT2D eigenvalue weighted by atomic mass is 10.0. The molecule has 0 amide bonds. The minimum absolute atomic E-state index is 0.208.